The highest BCUT2D eigenvalue weighted by molar-refractivity contribution is 5.89. The molecule has 3 aliphatic rings. The third-order valence-corrected chi connectivity index (χ3v) is 6.37. The Bertz CT molecular complexity index is 1240. The second kappa shape index (κ2) is 8.71. The number of benzene rings is 3. The van der Waals surface area contributed by atoms with E-state index in [4.69, 9.17) is 0 Å². The van der Waals surface area contributed by atoms with Crippen molar-refractivity contribution in [3.63, 3.8) is 0 Å². The van der Waals surface area contributed by atoms with Gasteiger partial charge in [-0.1, -0.05) is 103 Å². The maximum Gasteiger partial charge on any atom is 0.00209 e. The van der Waals surface area contributed by atoms with E-state index in [2.05, 4.69) is 103 Å². The first-order chi connectivity index (χ1) is 14.9. The van der Waals surface area contributed by atoms with Crippen LogP contribution >= 0.6 is 0 Å². The highest BCUT2D eigenvalue weighted by Gasteiger charge is 2.18. The van der Waals surface area contributed by atoms with Crippen molar-refractivity contribution >= 4 is 22.4 Å². The highest BCUT2D eigenvalue weighted by Crippen LogP contribution is 2.29. The summed E-state index contributed by atoms with van der Waals surface area (Å²) < 4.78 is 0. The zero-order valence-electron chi connectivity index (χ0n) is 17.4. The number of allylic oxidation sites excluding steroid dienone is 6. The first-order valence-electron chi connectivity index (χ1n) is 11.2. The van der Waals surface area contributed by atoms with Crippen LogP contribution in [0, 0.1) is 5.92 Å². The fourth-order valence-corrected chi connectivity index (χ4v) is 4.81. The summed E-state index contributed by atoms with van der Waals surface area (Å²) in [6, 6.07) is 22.2. The van der Waals surface area contributed by atoms with Gasteiger partial charge in [-0.05, 0) is 70.5 Å². The number of hydrogen-bond acceptors (Lipinski definition) is 0. The molecular weight excluding hydrogens is 360 g/mol. The third-order valence-electron chi connectivity index (χ3n) is 6.37. The first-order valence-corrected chi connectivity index (χ1v) is 11.2. The van der Waals surface area contributed by atoms with Crippen LogP contribution in [0.25, 0.3) is 33.5 Å². The van der Waals surface area contributed by atoms with Gasteiger partial charge in [0.2, 0.25) is 0 Å². The lowest BCUT2D eigenvalue weighted by Gasteiger charge is -2.23. The van der Waals surface area contributed by atoms with Gasteiger partial charge in [0, 0.05) is 5.92 Å². The Hall–Kier alpha value is -3.12. The first kappa shape index (κ1) is 18.9. The Labute approximate surface area is 179 Å². The van der Waals surface area contributed by atoms with Crippen molar-refractivity contribution in [2.24, 2.45) is 5.92 Å². The van der Waals surface area contributed by atoms with E-state index in [-0.39, 0.29) is 0 Å². The van der Waals surface area contributed by atoms with Gasteiger partial charge in [0.05, 0.1) is 0 Å². The lowest BCUT2D eigenvalue weighted by Crippen LogP contribution is -2.33. The third kappa shape index (κ3) is 3.83. The van der Waals surface area contributed by atoms with E-state index in [0.29, 0.717) is 5.92 Å². The van der Waals surface area contributed by atoms with Crippen LogP contribution < -0.4 is 10.4 Å². The Morgan fingerprint density at radius 2 is 1.53 bits per heavy atom. The van der Waals surface area contributed by atoms with Gasteiger partial charge in [0.1, 0.15) is 0 Å². The van der Waals surface area contributed by atoms with Crippen LogP contribution in [0.2, 0.25) is 0 Å². The maximum atomic E-state index is 2.45. The minimum Gasteiger partial charge on any atom is -0.0876 e. The summed E-state index contributed by atoms with van der Waals surface area (Å²) in [5.74, 6) is 0.632. The average Bonchev–Trinajstić information content (AvgIpc) is 2.85. The number of fused-ring (bicyclic) bond motifs is 4. The molecule has 0 heteroatoms. The molecule has 148 valence electrons. The SMILES string of the molecule is C1=CC2CC=c3c(ccc4cc(-c5ccccc5)ccc34)=C2CC1.C1=CCCC=C1. The molecule has 0 saturated carbocycles. The minimum atomic E-state index is 0.632. The van der Waals surface area contributed by atoms with Crippen LogP contribution in [0.15, 0.2) is 97.1 Å². The van der Waals surface area contributed by atoms with Crippen LogP contribution in [-0.4, -0.2) is 0 Å². The molecule has 30 heavy (non-hydrogen) atoms. The fraction of sp³-hybridized carbons (Fsp3) is 0.200. The second-order valence-electron chi connectivity index (χ2n) is 8.30. The molecule has 0 heterocycles. The smallest absolute Gasteiger partial charge is 0.00209 e. The van der Waals surface area contributed by atoms with Gasteiger partial charge in [-0.15, -0.1) is 0 Å². The van der Waals surface area contributed by atoms with Gasteiger partial charge in [-0.25, -0.2) is 0 Å². The average molecular weight is 389 g/mol. The number of hydrogen-bond donors (Lipinski definition) is 0. The Morgan fingerprint density at radius 1 is 0.700 bits per heavy atom. The van der Waals surface area contributed by atoms with E-state index >= 15 is 0 Å². The van der Waals surface area contributed by atoms with Gasteiger partial charge < -0.3 is 0 Å². The lowest BCUT2D eigenvalue weighted by atomic mass is 9.81. The molecule has 0 spiro atoms. The van der Waals surface area contributed by atoms with Crippen LogP contribution in [0.1, 0.15) is 32.1 Å². The van der Waals surface area contributed by atoms with Crippen molar-refractivity contribution in [3.8, 4) is 11.1 Å². The summed E-state index contributed by atoms with van der Waals surface area (Å²) >= 11 is 0. The van der Waals surface area contributed by atoms with Gasteiger partial charge in [0.15, 0.2) is 0 Å². The molecule has 0 N–H and O–H groups in total. The minimum absolute atomic E-state index is 0.632. The molecule has 6 rings (SSSR count). The molecule has 3 aromatic carbocycles. The molecule has 0 amide bonds. The molecular formula is C30H28. The standard InChI is InChI=1S/C24H20.C6H8/c1-2-6-17(7-3-1)19-11-13-22-20(16-19)12-15-23-21-9-5-4-8-18(21)10-14-24(22)23;1-2-4-6-5-3-1/h1-4,6-8,11-16,18H,5,9-10H2;1-4H,5-6H2. The van der Waals surface area contributed by atoms with Crippen molar-refractivity contribution in [2.75, 3.05) is 0 Å². The van der Waals surface area contributed by atoms with Crippen molar-refractivity contribution in [1.29, 1.82) is 0 Å². The summed E-state index contributed by atoms with van der Waals surface area (Å²) in [7, 11) is 0. The Balaban J connectivity index is 0.000000279. The van der Waals surface area contributed by atoms with Gasteiger partial charge >= 0.3 is 0 Å². The van der Waals surface area contributed by atoms with Gasteiger partial charge in [-0.3, -0.25) is 0 Å². The van der Waals surface area contributed by atoms with E-state index in [1.165, 1.54) is 58.0 Å². The predicted molar refractivity (Wildman–Crippen MR) is 131 cm³/mol. The molecule has 0 radical (unpaired) electrons. The monoisotopic (exact) mass is 388 g/mol. The molecule has 0 saturated heterocycles. The van der Waals surface area contributed by atoms with Crippen LogP contribution in [-0.2, 0) is 0 Å². The normalized spacial score (nSPS) is 18.8. The summed E-state index contributed by atoms with van der Waals surface area (Å²) in [6.45, 7) is 0. The summed E-state index contributed by atoms with van der Waals surface area (Å²) in [5.41, 5.74) is 4.22. The number of rotatable bonds is 1. The largest absolute Gasteiger partial charge is 0.0876 e. The molecule has 1 unspecified atom stereocenters. The molecule has 3 aliphatic carbocycles. The van der Waals surface area contributed by atoms with Crippen molar-refractivity contribution in [2.45, 2.75) is 32.1 Å². The Morgan fingerprint density at radius 3 is 2.30 bits per heavy atom. The summed E-state index contributed by atoms with van der Waals surface area (Å²) in [5, 5.41) is 5.67. The van der Waals surface area contributed by atoms with E-state index < -0.39 is 0 Å². The van der Waals surface area contributed by atoms with Gasteiger partial charge in [-0.2, -0.15) is 0 Å². The lowest BCUT2D eigenvalue weighted by molar-refractivity contribution is 0.777. The maximum absolute atomic E-state index is 2.45. The van der Waals surface area contributed by atoms with E-state index in [1.54, 1.807) is 5.57 Å². The molecule has 0 bridgehead atoms. The molecule has 0 nitrogen and oxygen atoms in total. The zero-order chi connectivity index (χ0) is 20.2. The molecule has 0 aromatic heterocycles. The topological polar surface area (TPSA) is 0 Å². The predicted octanol–water partition coefficient (Wildman–Crippen LogP) is 6.70. The van der Waals surface area contributed by atoms with Crippen LogP contribution in [0.3, 0.4) is 0 Å². The van der Waals surface area contributed by atoms with Crippen molar-refractivity contribution in [1.82, 2.24) is 0 Å². The van der Waals surface area contributed by atoms with Crippen molar-refractivity contribution in [3.05, 3.63) is 108 Å². The fourth-order valence-electron chi connectivity index (χ4n) is 4.81. The highest BCUT2D eigenvalue weighted by atomic mass is 14.2. The molecule has 1 atom stereocenters. The summed E-state index contributed by atoms with van der Waals surface area (Å²) in [4.78, 5) is 0. The second-order valence-corrected chi connectivity index (χ2v) is 8.30. The quantitative estimate of drug-likeness (QED) is 0.407. The molecule has 0 aliphatic heterocycles. The van der Waals surface area contributed by atoms with E-state index in [0.717, 1.165) is 6.42 Å². The van der Waals surface area contributed by atoms with E-state index in [1.807, 2.05) is 0 Å². The van der Waals surface area contributed by atoms with E-state index in [9.17, 15) is 0 Å². The molecule has 3 aromatic rings. The van der Waals surface area contributed by atoms with Crippen LogP contribution in [0.4, 0.5) is 0 Å². The zero-order valence-corrected chi connectivity index (χ0v) is 17.4. The van der Waals surface area contributed by atoms with Crippen molar-refractivity contribution < 1.29 is 0 Å². The van der Waals surface area contributed by atoms with Crippen LogP contribution in [0.5, 0.6) is 0 Å². The summed E-state index contributed by atoms with van der Waals surface area (Å²) in [6.07, 6.45) is 21.8. The Kier molecular flexibility index (Phi) is 5.48. The van der Waals surface area contributed by atoms with Gasteiger partial charge in [0.25, 0.3) is 0 Å². The molecule has 0 fully saturated rings.